The third kappa shape index (κ3) is 3.48. The quantitative estimate of drug-likeness (QED) is 0.830. The van der Waals surface area contributed by atoms with Crippen molar-refractivity contribution >= 4 is 12.0 Å². The molecular weight excluding hydrogens is 272 g/mol. The highest BCUT2D eigenvalue weighted by atomic mass is 16.5. The molecule has 1 heterocycles. The number of hydrogen-bond acceptors (Lipinski definition) is 3. The summed E-state index contributed by atoms with van der Waals surface area (Å²) in [6, 6.07) is -0.259. The Bertz CT molecular complexity index is 385. The largest absolute Gasteiger partial charge is 0.480 e. The second kappa shape index (κ2) is 6.64. The number of carbonyl (C=O) groups excluding carboxylic acids is 1. The monoisotopic (exact) mass is 298 g/mol. The average molecular weight is 298 g/mol. The first kappa shape index (κ1) is 16.1. The van der Waals surface area contributed by atoms with Crippen molar-refractivity contribution in [1.29, 1.82) is 0 Å². The van der Waals surface area contributed by atoms with Crippen LogP contribution in [-0.4, -0.2) is 53.8 Å². The lowest BCUT2D eigenvalue weighted by molar-refractivity contribution is -0.146. The molecule has 1 unspecified atom stereocenters. The average Bonchev–Trinajstić information content (AvgIpc) is 3.01. The van der Waals surface area contributed by atoms with E-state index in [1.54, 1.807) is 11.9 Å². The number of likely N-dealkylation sites (N-methyl/N-ethyl adjacent to an activating group) is 1. The molecule has 2 amide bonds. The van der Waals surface area contributed by atoms with Crippen molar-refractivity contribution in [3.05, 3.63) is 0 Å². The number of amides is 2. The molecule has 0 radical (unpaired) electrons. The molecule has 2 N–H and O–H groups in total. The maximum atomic E-state index is 12.4. The number of nitrogens with one attached hydrogen (secondary N) is 1. The van der Waals surface area contributed by atoms with Gasteiger partial charge in [0.15, 0.2) is 0 Å². The van der Waals surface area contributed by atoms with Crippen molar-refractivity contribution in [3.63, 3.8) is 0 Å². The number of carbonyl (C=O) groups is 2. The van der Waals surface area contributed by atoms with Crippen LogP contribution in [0.3, 0.4) is 0 Å². The summed E-state index contributed by atoms with van der Waals surface area (Å²) >= 11 is 0. The second-order valence-corrected chi connectivity index (χ2v) is 6.30. The van der Waals surface area contributed by atoms with Crippen molar-refractivity contribution in [3.8, 4) is 0 Å². The Labute approximate surface area is 125 Å². The summed E-state index contributed by atoms with van der Waals surface area (Å²) in [6.45, 7) is 3.32. The van der Waals surface area contributed by atoms with Gasteiger partial charge in [-0.15, -0.1) is 0 Å². The minimum absolute atomic E-state index is 0.0443. The van der Waals surface area contributed by atoms with Crippen LogP contribution in [0.2, 0.25) is 0 Å². The zero-order valence-corrected chi connectivity index (χ0v) is 12.9. The molecule has 21 heavy (non-hydrogen) atoms. The zero-order valence-electron chi connectivity index (χ0n) is 12.9. The van der Waals surface area contributed by atoms with Crippen LogP contribution < -0.4 is 5.32 Å². The highest BCUT2D eigenvalue weighted by Crippen LogP contribution is 2.34. The van der Waals surface area contributed by atoms with E-state index in [9.17, 15) is 14.7 Å². The minimum Gasteiger partial charge on any atom is -0.480 e. The Morgan fingerprint density at radius 1 is 1.33 bits per heavy atom. The smallest absolute Gasteiger partial charge is 0.329 e. The number of urea groups is 1. The summed E-state index contributed by atoms with van der Waals surface area (Å²) in [5.41, 5.74) is -1.10. The van der Waals surface area contributed by atoms with Crippen LogP contribution in [0.1, 0.15) is 45.4 Å². The van der Waals surface area contributed by atoms with Crippen molar-refractivity contribution in [2.75, 3.05) is 20.3 Å². The Balaban J connectivity index is 1.99. The first-order valence-corrected chi connectivity index (χ1v) is 7.84. The van der Waals surface area contributed by atoms with Gasteiger partial charge in [-0.05, 0) is 38.0 Å². The van der Waals surface area contributed by atoms with E-state index in [0.717, 1.165) is 25.7 Å². The molecule has 0 spiro atoms. The number of aliphatic carboxylic acids is 1. The maximum Gasteiger partial charge on any atom is 0.329 e. The van der Waals surface area contributed by atoms with Crippen LogP contribution in [0.5, 0.6) is 0 Å². The molecule has 1 saturated carbocycles. The number of hydrogen-bond donors (Lipinski definition) is 2. The van der Waals surface area contributed by atoms with E-state index in [1.807, 2.05) is 0 Å². The van der Waals surface area contributed by atoms with Crippen LogP contribution in [0.25, 0.3) is 0 Å². The molecule has 2 rings (SSSR count). The molecular formula is C15H26N2O4. The third-order valence-electron chi connectivity index (χ3n) is 5.07. The van der Waals surface area contributed by atoms with E-state index in [2.05, 4.69) is 12.2 Å². The third-order valence-corrected chi connectivity index (χ3v) is 5.07. The van der Waals surface area contributed by atoms with Gasteiger partial charge in [0.1, 0.15) is 5.54 Å². The van der Waals surface area contributed by atoms with Crippen LogP contribution in [-0.2, 0) is 9.53 Å². The Morgan fingerprint density at radius 2 is 2.00 bits per heavy atom. The molecule has 120 valence electrons. The fraction of sp³-hybridized carbons (Fsp3) is 0.867. The molecule has 0 bridgehead atoms. The van der Waals surface area contributed by atoms with Gasteiger partial charge >= 0.3 is 12.0 Å². The van der Waals surface area contributed by atoms with E-state index in [-0.39, 0.29) is 12.1 Å². The highest BCUT2D eigenvalue weighted by Gasteiger charge is 2.44. The van der Waals surface area contributed by atoms with Gasteiger partial charge in [0, 0.05) is 13.7 Å². The SMILES string of the molecule is CCC1CCC(NC(=O)N(C)C2CCOC2)(C(=O)O)CC1. The first-order valence-electron chi connectivity index (χ1n) is 7.84. The molecule has 0 aromatic heterocycles. The second-order valence-electron chi connectivity index (χ2n) is 6.30. The van der Waals surface area contributed by atoms with Crippen molar-refractivity contribution in [2.45, 2.75) is 57.0 Å². The Morgan fingerprint density at radius 3 is 2.48 bits per heavy atom. The minimum atomic E-state index is -1.10. The molecule has 1 atom stereocenters. The molecule has 1 saturated heterocycles. The van der Waals surface area contributed by atoms with Crippen LogP contribution in [0.15, 0.2) is 0 Å². The van der Waals surface area contributed by atoms with E-state index in [1.165, 1.54) is 0 Å². The lowest BCUT2D eigenvalue weighted by atomic mass is 9.75. The van der Waals surface area contributed by atoms with Crippen LogP contribution in [0, 0.1) is 5.92 Å². The summed E-state index contributed by atoms with van der Waals surface area (Å²) in [7, 11) is 1.71. The van der Waals surface area contributed by atoms with E-state index >= 15 is 0 Å². The standard InChI is InChI=1S/C15H26N2O4/c1-3-11-4-7-15(8-5-11,13(18)19)16-14(20)17(2)12-6-9-21-10-12/h11-12H,3-10H2,1-2H3,(H,16,20)(H,18,19). The van der Waals surface area contributed by atoms with Crippen molar-refractivity contribution < 1.29 is 19.4 Å². The summed E-state index contributed by atoms with van der Waals surface area (Å²) in [6.07, 6.45) is 4.63. The van der Waals surface area contributed by atoms with Gasteiger partial charge < -0.3 is 20.1 Å². The van der Waals surface area contributed by atoms with Gasteiger partial charge in [-0.3, -0.25) is 0 Å². The number of ether oxygens (including phenoxy) is 1. The van der Waals surface area contributed by atoms with Gasteiger partial charge in [-0.1, -0.05) is 13.3 Å². The topological polar surface area (TPSA) is 78.9 Å². The van der Waals surface area contributed by atoms with Gasteiger partial charge in [0.25, 0.3) is 0 Å². The maximum absolute atomic E-state index is 12.4. The lowest BCUT2D eigenvalue weighted by Crippen LogP contribution is -2.60. The highest BCUT2D eigenvalue weighted by molar-refractivity contribution is 5.86. The van der Waals surface area contributed by atoms with Gasteiger partial charge in [-0.25, -0.2) is 9.59 Å². The predicted octanol–water partition coefficient (Wildman–Crippen LogP) is 1.84. The van der Waals surface area contributed by atoms with Crippen LogP contribution >= 0.6 is 0 Å². The van der Waals surface area contributed by atoms with E-state index < -0.39 is 11.5 Å². The van der Waals surface area contributed by atoms with Gasteiger partial charge in [0.2, 0.25) is 0 Å². The lowest BCUT2D eigenvalue weighted by Gasteiger charge is -2.38. The fourth-order valence-corrected chi connectivity index (χ4v) is 3.26. The number of carboxylic acid groups (broad SMARTS) is 1. The first-order chi connectivity index (χ1) is 9.98. The summed E-state index contributed by atoms with van der Waals surface area (Å²) < 4.78 is 5.28. The Hall–Kier alpha value is -1.30. The molecule has 2 aliphatic rings. The van der Waals surface area contributed by atoms with Gasteiger partial charge in [0.05, 0.1) is 12.6 Å². The normalized spacial score (nSPS) is 32.7. The molecule has 1 aliphatic heterocycles. The number of nitrogens with zero attached hydrogens (tertiary/aromatic N) is 1. The van der Waals surface area contributed by atoms with E-state index in [0.29, 0.717) is 32.0 Å². The molecule has 0 aromatic rings. The number of rotatable bonds is 4. The molecule has 0 aromatic carbocycles. The molecule has 6 heteroatoms. The van der Waals surface area contributed by atoms with Crippen molar-refractivity contribution in [1.82, 2.24) is 10.2 Å². The number of carboxylic acids is 1. The summed E-state index contributed by atoms with van der Waals surface area (Å²) in [4.78, 5) is 25.6. The van der Waals surface area contributed by atoms with Crippen LogP contribution in [0.4, 0.5) is 4.79 Å². The molecule has 2 fully saturated rings. The predicted molar refractivity (Wildman–Crippen MR) is 78.1 cm³/mol. The fourth-order valence-electron chi connectivity index (χ4n) is 3.26. The zero-order chi connectivity index (χ0) is 15.5. The molecule has 1 aliphatic carbocycles. The summed E-state index contributed by atoms with van der Waals surface area (Å²) in [5.74, 6) is -0.336. The summed E-state index contributed by atoms with van der Waals surface area (Å²) in [5, 5.41) is 12.4. The Kier molecular flexibility index (Phi) is 5.08. The van der Waals surface area contributed by atoms with Gasteiger partial charge in [-0.2, -0.15) is 0 Å². The van der Waals surface area contributed by atoms with E-state index in [4.69, 9.17) is 4.74 Å². The van der Waals surface area contributed by atoms with Crippen molar-refractivity contribution in [2.24, 2.45) is 5.92 Å². The molecule has 6 nitrogen and oxygen atoms in total.